The Kier molecular flexibility index (Phi) is 10.2. The Bertz CT molecular complexity index is 1420. The highest BCUT2D eigenvalue weighted by Crippen LogP contribution is 2.36. The van der Waals surface area contributed by atoms with E-state index < -0.39 is 23.8 Å². The molecule has 0 radical (unpaired) electrons. The monoisotopic (exact) mass is 603 g/mol. The maximum Gasteiger partial charge on any atom is 0.408 e. The number of aryl methyl sites for hydroxylation is 3. The van der Waals surface area contributed by atoms with E-state index in [2.05, 4.69) is 10.6 Å². The highest BCUT2D eigenvalue weighted by molar-refractivity contribution is 6.34. The molecule has 0 saturated heterocycles. The van der Waals surface area contributed by atoms with E-state index in [1.165, 1.54) is 0 Å². The van der Waals surface area contributed by atoms with Gasteiger partial charge in [0.1, 0.15) is 17.7 Å². The number of ether oxygens (including phenoxy) is 1. The average molecular weight is 604 g/mol. The molecular formula is C35H42ClN3O4. The molecule has 8 heteroatoms. The Morgan fingerprint density at radius 1 is 0.953 bits per heavy atom. The fraction of sp³-hybridized carbons (Fsp3) is 0.400. The summed E-state index contributed by atoms with van der Waals surface area (Å²) >= 11 is 6.51. The van der Waals surface area contributed by atoms with Crippen LogP contribution in [0.3, 0.4) is 0 Å². The van der Waals surface area contributed by atoms with E-state index in [1.807, 2.05) is 81.4 Å². The molecule has 3 aromatic carbocycles. The van der Waals surface area contributed by atoms with Crippen LogP contribution < -0.4 is 10.6 Å². The number of rotatable bonds is 9. The number of benzene rings is 3. The normalized spacial score (nSPS) is 14.7. The number of amides is 3. The SMILES string of the molecule is Cc1cc(C)cc(C(C(=O)Nc2c(C)cccc2Cl)N(C(=O)C(Cc2ccccc2)NC(=O)OC(C)(C)C)C2CCC2)c1. The van der Waals surface area contributed by atoms with Crippen LogP contribution in [0.25, 0.3) is 0 Å². The molecule has 1 aliphatic carbocycles. The smallest absolute Gasteiger partial charge is 0.408 e. The van der Waals surface area contributed by atoms with Crippen LogP contribution in [-0.2, 0) is 20.7 Å². The van der Waals surface area contributed by atoms with Crippen molar-refractivity contribution < 1.29 is 19.1 Å². The Morgan fingerprint density at radius 2 is 1.60 bits per heavy atom. The molecule has 0 heterocycles. The van der Waals surface area contributed by atoms with E-state index in [0.29, 0.717) is 16.3 Å². The molecule has 3 amide bonds. The zero-order chi connectivity index (χ0) is 31.3. The van der Waals surface area contributed by atoms with E-state index >= 15 is 0 Å². The largest absolute Gasteiger partial charge is 0.444 e. The highest BCUT2D eigenvalue weighted by atomic mass is 35.5. The van der Waals surface area contributed by atoms with Gasteiger partial charge in [-0.15, -0.1) is 0 Å². The van der Waals surface area contributed by atoms with Gasteiger partial charge in [0.05, 0.1) is 10.7 Å². The van der Waals surface area contributed by atoms with E-state index in [1.54, 1.807) is 31.7 Å². The first-order valence-corrected chi connectivity index (χ1v) is 15.2. The minimum absolute atomic E-state index is 0.171. The summed E-state index contributed by atoms with van der Waals surface area (Å²) in [6.45, 7) is 11.2. The summed E-state index contributed by atoms with van der Waals surface area (Å²) in [7, 11) is 0. The number of alkyl carbamates (subject to hydrolysis) is 1. The summed E-state index contributed by atoms with van der Waals surface area (Å²) in [6, 6.07) is 18.8. The van der Waals surface area contributed by atoms with Gasteiger partial charge < -0.3 is 20.3 Å². The fourth-order valence-corrected chi connectivity index (χ4v) is 5.72. The minimum atomic E-state index is -0.957. The third-order valence-corrected chi connectivity index (χ3v) is 7.87. The second kappa shape index (κ2) is 13.6. The minimum Gasteiger partial charge on any atom is -0.444 e. The summed E-state index contributed by atoms with van der Waals surface area (Å²) in [4.78, 5) is 43.8. The molecule has 0 spiro atoms. The van der Waals surface area contributed by atoms with Crippen LogP contribution in [0.5, 0.6) is 0 Å². The summed E-state index contributed by atoms with van der Waals surface area (Å²) in [5.41, 5.74) is 4.13. The van der Waals surface area contributed by atoms with Crippen molar-refractivity contribution in [1.29, 1.82) is 0 Å². The van der Waals surface area contributed by atoms with E-state index in [0.717, 1.165) is 41.5 Å². The molecule has 43 heavy (non-hydrogen) atoms. The predicted molar refractivity (Wildman–Crippen MR) is 171 cm³/mol. The molecule has 2 unspecified atom stereocenters. The number of nitrogens with zero attached hydrogens (tertiary/aromatic N) is 1. The summed E-state index contributed by atoms with van der Waals surface area (Å²) in [5, 5.41) is 6.29. The number of para-hydroxylation sites is 1. The fourth-order valence-electron chi connectivity index (χ4n) is 5.45. The van der Waals surface area contributed by atoms with Gasteiger partial charge in [-0.2, -0.15) is 0 Å². The van der Waals surface area contributed by atoms with Crippen molar-refractivity contribution in [2.24, 2.45) is 0 Å². The van der Waals surface area contributed by atoms with Gasteiger partial charge in [0.25, 0.3) is 5.91 Å². The van der Waals surface area contributed by atoms with Crippen LogP contribution in [0.2, 0.25) is 5.02 Å². The van der Waals surface area contributed by atoms with E-state index in [9.17, 15) is 14.4 Å². The molecule has 1 aliphatic rings. The van der Waals surface area contributed by atoms with Crippen LogP contribution in [-0.4, -0.2) is 40.5 Å². The lowest BCUT2D eigenvalue weighted by Crippen LogP contribution is -2.57. The van der Waals surface area contributed by atoms with E-state index in [4.69, 9.17) is 16.3 Å². The van der Waals surface area contributed by atoms with Crippen LogP contribution >= 0.6 is 11.6 Å². The predicted octanol–water partition coefficient (Wildman–Crippen LogP) is 7.46. The van der Waals surface area contributed by atoms with Gasteiger partial charge >= 0.3 is 6.09 Å². The number of carbonyl (C=O) groups excluding carboxylic acids is 3. The van der Waals surface area contributed by atoms with Crippen molar-refractivity contribution in [3.05, 3.63) is 99.6 Å². The Hall–Kier alpha value is -3.84. The zero-order valence-electron chi connectivity index (χ0n) is 25.9. The molecule has 2 atom stereocenters. The quantitative estimate of drug-likeness (QED) is 0.266. The second-order valence-corrected chi connectivity index (χ2v) is 12.9. The van der Waals surface area contributed by atoms with Crippen LogP contribution in [0.1, 0.15) is 73.9 Å². The number of halogens is 1. The Morgan fingerprint density at radius 3 is 2.16 bits per heavy atom. The first-order valence-electron chi connectivity index (χ1n) is 14.8. The van der Waals surface area contributed by atoms with Gasteiger partial charge in [0.15, 0.2) is 0 Å². The first kappa shape index (κ1) is 32.1. The third-order valence-electron chi connectivity index (χ3n) is 7.55. The van der Waals surface area contributed by atoms with Gasteiger partial charge in [0.2, 0.25) is 5.91 Å². The molecule has 0 aromatic heterocycles. The van der Waals surface area contributed by atoms with Crippen molar-refractivity contribution in [3.8, 4) is 0 Å². The van der Waals surface area contributed by atoms with Gasteiger partial charge in [0, 0.05) is 12.5 Å². The van der Waals surface area contributed by atoms with Crippen molar-refractivity contribution in [3.63, 3.8) is 0 Å². The molecule has 0 aliphatic heterocycles. The number of hydrogen-bond acceptors (Lipinski definition) is 4. The van der Waals surface area contributed by atoms with Crippen LogP contribution in [0, 0.1) is 20.8 Å². The van der Waals surface area contributed by atoms with Gasteiger partial charge in [-0.25, -0.2) is 4.79 Å². The molecule has 2 N–H and O–H groups in total. The molecule has 1 saturated carbocycles. The molecule has 1 fully saturated rings. The van der Waals surface area contributed by atoms with Crippen molar-refractivity contribution >= 4 is 35.2 Å². The zero-order valence-corrected chi connectivity index (χ0v) is 26.6. The number of nitrogens with one attached hydrogen (secondary N) is 2. The number of carbonyl (C=O) groups is 3. The van der Waals surface area contributed by atoms with Crippen molar-refractivity contribution in [1.82, 2.24) is 10.2 Å². The van der Waals surface area contributed by atoms with Crippen molar-refractivity contribution in [2.45, 2.75) is 91.0 Å². The van der Waals surface area contributed by atoms with Gasteiger partial charge in [-0.1, -0.05) is 83.4 Å². The molecule has 0 bridgehead atoms. The average Bonchev–Trinajstić information content (AvgIpc) is 2.87. The summed E-state index contributed by atoms with van der Waals surface area (Å²) in [6.07, 6.45) is 2.02. The van der Waals surface area contributed by atoms with Gasteiger partial charge in [-0.3, -0.25) is 9.59 Å². The maximum atomic E-state index is 14.7. The van der Waals surface area contributed by atoms with Gasteiger partial charge in [-0.05, 0) is 83.6 Å². The number of hydrogen-bond donors (Lipinski definition) is 2. The van der Waals surface area contributed by atoms with Crippen LogP contribution in [0.15, 0.2) is 66.7 Å². The summed E-state index contributed by atoms with van der Waals surface area (Å²) < 4.78 is 5.55. The van der Waals surface area contributed by atoms with Crippen molar-refractivity contribution in [2.75, 3.05) is 5.32 Å². The maximum absolute atomic E-state index is 14.7. The molecule has 7 nitrogen and oxygen atoms in total. The highest BCUT2D eigenvalue weighted by Gasteiger charge is 2.42. The first-order chi connectivity index (χ1) is 20.3. The standard InChI is InChI=1S/C35H42ClN3O4/c1-22-18-23(2)20-26(19-22)31(32(40)38-30-24(3)12-10-17-28(30)36)39(27-15-11-16-27)33(41)29(21-25-13-8-7-9-14-25)37-34(42)43-35(4,5)6/h7-10,12-14,17-20,27,29,31H,11,15-16,21H2,1-6H3,(H,37,42)(H,38,40). The topological polar surface area (TPSA) is 87.7 Å². The molecule has 228 valence electrons. The third kappa shape index (κ3) is 8.38. The molecular weight excluding hydrogens is 562 g/mol. The lowest BCUT2D eigenvalue weighted by molar-refractivity contribution is -0.145. The second-order valence-electron chi connectivity index (χ2n) is 12.5. The Balaban J connectivity index is 1.79. The number of anilines is 1. The lowest BCUT2D eigenvalue weighted by atomic mass is 9.87. The van der Waals surface area contributed by atoms with Crippen LogP contribution in [0.4, 0.5) is 10.5 Å². The Labute approximate surface area is 260 Å². The lowest BCUT2D eigenvalue weighted by Gasteiger charge is -2.43. The molecule has 4 rings (SSSR count). The summed E-state index contributed by atoms with van der Waals surface area (Å²) in [5.74, 6) is -0.702. The molecule has 3 aromatic rings. The van der Waals surface area contributed by atoms with E-state index in [-0.39, 0.29) is 24.3 Å².